The number of nitrogens with two attached hydrogens (primary N) is 1. The van der Waals surface area contributed by atoms with Gasteiger partial charge in [-0.05, 0) is 47.5 Å². The molecule has 2 nitrogen and oxygen atoms in total. The molecule has 2 aromatic rings. The van der Waals surface area contributed by atoms with E-state index in [1.54, 1.807) is 18.4 Å². The van der Waals surface area contributed by atoms with Crippen LogP contribution in [-0.2, 0) is 6.42 Å². The second-order valence-corrected chi connectivity index (χ2v) is 7.20. The van der Waals surface area contributed by atoms with E-state index in [1.807, 2.05) is 17.8 Å². The molecular formula is C15H17NOS2. The number of aryl methyl sites for hydroxylation is 1. The third-order valence-corrected chi connectivity index (χ3v) is 6.01. The highest BCUT2D eigenvalue weighted by Crippen LogP contribution is 2.41. The quantitative estimate of drug-likeness (QED) is 0.932. The second-order valence-electron chi connectivity index (χ2n) is 4.72. The first-order valence-corrected chi connectivity index (χ1v) is 8.16. The molecule has 0 spiro atoms. The Hall–Kier alpha value is -0.970. The van der Waals surface area contributed by atoms with Crippen LogP contribution >= 0.6 is 23.1 Å². The van der Waals surface area contributed by atoms with Crippen LogP contribution < -0.4 is 10.5 Å². The molecule has 1 aliphatic carbocycles. The predicted octanol–water partition coefficient (Wildman–Crippen LogP) is 3.86. The third-order valence-electron chi connectivity index (χ3n) is 3.57. The highest BCUT2D eigenvalue weighted by Gasteiger charge is 2.27. The fourth-order valence-electron chi connectivity index (χ4n) is 2.54. The average Bonchev–Trinajstić information content (AvgIpc) is 2.94. The summed E-state index contributed by atoms with van der Waals surface area (Å²) >= 11 is 3.71. The molecule has 100 valence electrons. The first kappa shape index (κ1) is 13.0. The average molecular weight is 291 g/mol. The molecule has 0 bridgehead atoms. The summed E-state index contributed by atoms with van der Waals surface area (Å²) < 4.78 is 6.64. The van der Waals surface area contributed by atoms with Crippen molar-refractivity contribution in [1.29, 1.82) is 0 Å². The SMILES string of the molecule is COc1ccc2c(c1)CCC(Sc1cccs1)C2N. The summed E-state index contributed by atoms with van der Waals surface area (Å²) in [6.07, 6.45) is 2.22. The van der Waals surface area contributed by atoms with Gasteiger partial charge in [0.1, 0.15) is 5.75 Å². The van der Waals surface area contributed by atoms with Crippen molar-refractivity contribution < 1.29 is 4.74 Å². The minimum atomic E-state index is 0.113. The zero-order chi connectivity index (χ0) is 13.2. The first-order chi connectivity index (χ1) is 9.28. The van der Waals surface area contributed by atoms with Gasteiger partial charge in [-0.15, -0.1) is 23.1 Å². The fourth-order valence-corrected chi connectivity index (χ4v) is 4.73. The highest BCUT2D eigenvalue weighted by molar-refractivity contribution is 8.01. The molecule has 0 saturated carbocycles. The summed E-state index contributed by atoms with van der Waals surface area (Å²) in [5.41, 5.74) is 9.06. The van der Waals surface area contributed by atoms with Crippen molar-refractivity contribution in [3.63, 3.8) is 0 Å². The Morgan fingerprint density at radius 1 is 1.37 bits per heavy atom. The van der Waals surface area contributed by atoms with Crippen molar-refractivity contribution in [1.82, 2.24) is 0 Å². The van der Waals surface area contributed by atoms with Gasteiger partial charge in [-0.3, -0.25) is 0 Å². The zero-order valence-corrected chi connectivity index (χ0v) is 12.5. The lowest BCUT2D eigenvalue weighted by Gasteiger charge is -2.30. The van der Waals surface area contributed by atoms with Gasteiger partial charge in [0, 0.05) is 11.3 Å². The van der Waals surface area contributed by atoms with Gasteiger partial charge in [0.2, 0.25) is 0 Å². The van der Waals surface area contributed by atoms with E-state index in [0.29, 0.717) is 5.25 Å². The maximum atomic E-state index is 6.44. The van der Waals surface area contributed by atoms with Crippen LogP contribution in [-0.4, -0.2) is 12.4 Å². The highest BCUT2D eigenvalue weighted by atomic mass is 32.2. The molecule has 2 N–H and O–H groups in total. The van der Waals surface area contributed by atoms with Crippen LogP contribution in [0.3, 0.4) is 0 Å². The summed E-state index contributed by atoms with van der Waals surface area (Å²) in [5, 5.41) is 2.59. The van der Waals surface area contributed by atoms with E-state index < -0.39 is 0 Å². The molecule has 0 amide bonds. The Balaban J connectivity index is 1.81. The smallest absolute Gasteiger partial charge is 0.119 e. The zero-order valence-electron chi connectivity index (χ0n) is 10.8. The maximum absolute atomic E-state index is 6.44. The van der Waals surface area contributed by atoms with Gasteiger partial charge in [0.25, 0.3) is 0 Å². The van der Waals surface area contributed by atoms with E-state index >= 15 is 0 Å². The van der Waals surface area contributed by atoms with Crippen molar-refractivity contribution in [3.8, 4) is 5.75 Å². The predicted molar refractivity (Wildman–Crippen MR) is 82.2 cm³/mol. The van der Waals surface area contributed by atoms with Crippen LogP contribution in [0.2, 0.25) is 0 Å². The van der Waals surface area contributed by atoms with Crippen LogP contribution in [0.4, 0.5) is 0 Å². The minimum Gasteiger partial charge on any atom is -0.497 e. The van der Waals surface area contributed by atoms with Crippen molar-refractivity contribution in [2.45, 2.75) is 28.3 Å². The molecule has 0 fully saturated rings. The van der Waals surface area contributed by atoms with E-state index in [4.69, 9.17) is 10.5 Å². The fraction of sp³-hybridized carbons (Fsp3) is 0.333. The van der Waals surface area contributed by atoms with Crippen LogP contribution in [0.25, 0.3) is 0 Å². The van der Waals surface area contributed by atoms with Gasteiger partial charge >= 0.3 is 0 Å². The van der Waals surface area contributed by atoms with Gasteiger partial charge in [0.05, 0.1) is 11.3 Å². The largest absolute Gasteiger partial charge is 0.497 e. The molecule has 1 heterocycles. The van der Waals surface area contributed by atoms with Crippen molar-refractivity contribution in [3.05, 3.63) is 46.8 Å². The molecular weight excluding hydrogens is 274 g/mol. The number of thioether (sulfide) groups is 1. The van der Waals surface area contributed by atoms with Crippen molar-refractivity contribution in [2.75, 3.05) is 7.11 Å². The van der Waals surface area contributed by atoms with E-state index in [9.17, 15) is 0 Å². The number of fused-ring (bicyclic) bond motifs is 1. The molecule has 0 saturated heterocycles. The Morgan fingerprint density at radius 3 is 3.00 bits per heavy atom. The van der Waals surface area contributed by atoms with Gasteiger partial charge < -0.3 is 10.5 Å². The second kappa shape index (κ2) is 5.57. The van der Waals surface area contributed by atoms with Crippen LogP contribution in [0.1, 0.15) is 23.6 Å². The Bertz CT molecular complexity index is 553. The van der Waals surface area contributed by atoms with Gasteiger partial charge in [-0.1, -0.05) is 12.1 Å². The molecule has 0 aliphatic heterocycles. The molecule has 1 aromatic heterocycles. The third kappa shape index (κ3) is 2.66. The lowest BCUT2D eigenvalue weighted by molar-refractivity contribution is 0.413. The van der Waals surface area contributed by atoms with E-state index in [0.717, 1.165) is 18.6 Å². The number of ether oxygens (including phenoxy) is 1. The lowest BCUT2D eigenvalue weighted by Crippen LogP contribution is -2.29. The van der Waals surface area contributed by atoms with Gasteiger partial charge in [-0.2, -0.15) is 0 Å². The molecule has 0 radical (unpaired) electrons. The van der Waals surface area contributed by atoms with Crippen LogP contribution in [0.5, 0.6) is 5.75 Å². The van der Waals surface area contributed by atoms with Crippen LogP contribution in [0.15, 0.2) is 39.9 Å². The van der Waals surface area contributed by atoms with E-state index in [-0.39, 0.29) is 6.04 Å². The molecule has 2 atom stereocenters. The Morgan fingerprint density at radius 2 is 2.26 bits per heavy atom. The molecule has 1 aromatic carbocycles. The van der Waals surface area contributed by atoms with Gasteiger partial charge in [-0.25, -0.2) is 0 Å². The first-order valence-electron chi connectivity index (χ1n) is 6.40. The molecule has 3 rings (SSSR count). The minimum absolute atomic E-state index is 0.113. The molecule has 2 unspecified atom stereocenters. The Kier molecular flexibility index (Phi) is 3.82. The topological polar surface area (TPSA) is 35.2 Å². The summed E-state index contributed by atoms with van der Waals surface area (Å²) in [6.45, 7) is 0. The van der Waals surface area contributed by atoms with Crippen LogP contribution in [0, 0.1) is 0 Å². The summed E-state index contributed by atoms with van der Waals surface area (Å²) in [7, 11) is 1.71. The molecule has 4 heteroatoms. The number of thiophene rings is 1. The number of benzene rings is 1. The van der Waals surface area contributed by atoms with E-state index in [1.165, 1.54) is 15.3 Å². The van der Waals surface area contributed by atoms with Gasteiger partial charge in [0.15, 0.2) is 0 Å². The number of methoxy groups -OCH3 is 1. The maximum Gasteiger partial charge on any atom is 0.119 e. The molecule has 1 aliphatic rings. The molecule has 19 heavy (non-hydrogen) atoms. The number of hydrogen-bond acceptors (Lipinski definition) is 4. The number of rotatable bonds is 3. The lowest BCUT2D eigenvalue weighted by atomic mass is 9.87. The Labute approximate surface area is 122 Å². The monoisotopic (exact) mass is 291 g/mol. The standard InChI is InChI=1S/C15H17NOS2/c1-17-11-5-6-12-10(9-11)4-7-13(15(12)16)19-14-3-2-8-18-14/h2-3,5-6,8-9,13,15H,4,7,16H2,1H3. The summed E-state index contributed by atoms with van der Waals surface area (Å²) in [5.74, 6) is 0.926. The summed E-state index contributed by atoms with van der Waals surface area (Å²) in [6, 6.07) is 10.6. The van der Waals surface area contributed by atoms with Crippen molar-refractivity contribution >= 4 is 23.1 Å². The van der Waals surface area contributed by atoms with E-state index in [2.05, 4.69) is 29.6 Å². The summed E-state index contributed by atoms with van der Waals surface area (Å²) in [4.78, 5) is 0. The van der Waals surface area contributed by atoms with Crippen molar-refractivity contribution in [2.24, 2.45) is 5.73 Å². The normalized spacial score (nSPS) is 22.0. The number of hydrogen-bond donors (Lipinski definition) is 1.